The van der Waals surface area contributed by atoms with E-state index in [0.29, 0.717) is 17.0 Å². The molecule has 0 aromatic heterocycles. The Morgan fingerprint density at radius 3 is 2.55 bits per heavy atom. The third-order valence-electron chi connectivity index (χ3n) is 3.18. The van der Waals surface area contributed by atoms with Crippen LogP contribution < -0.4 is 10.1 Å². The highest BCUT2D eigenvalue weighted by atomic mass is 16.5. The van der Waals surface area contributed by atoms with Crippen molar-refractivity contribution >= 4 is 23.1 Å². The number of methoxy groups -OCH3 is 2. The zero-order valence-electron chi connectivity index (χ0n) is 12.8. The van der Waals surface area contributed by atoms with Crippen LogP contribution in [0.15, 0.2) is 42.5 Å². The first kappa shape index (κ1) is 15.6. The molecule has 5 heteroatoms. The standard InChI is InChI=1S/C17H18N2O3/c1-11-5-4-6-12(9-11)19-15-8-7-13(21-2)10-14(15)16(18)17(20)22-3/h4-10,18-19H,1-3H3. The van der Waals surface area contributed by atoms with Gasteiger partial charge in [-0.15, -0.1) is 0 Å². The zero-order valence-corrected chi connectivity index (χ0v) is 12.8. The number of anilines is 2. The lowest BCUT2D eigenvalue weighted by atomic mass is 10.1. The number of rotatable bonds is 5. The lowest BCUT2D eigenvalue weighted by Crippen LogP contribution is -2.17. The van der Waals surface area contributed by atoms with E-state index >= 15 is 0 Å². The van der Waals surface area contributed by atoms with Gasteiger partial charge in [0, 0.05) is 16.9 Å². The summed E-state index contributed by atoms with van der Waals surface area (Å²) in [7, 11) is 2.79. The minimum Gasteiger partial charge on any atom is -0.497 e. The second kappa shape index (κ2) is 6.76. The van der Waals surface area contributed by atoms with Gasteiger partial charge in [-0.3, -0.25) is 5.41 Å². The second-order valence-corrected chi connectivity index (χ2v) is 4.77. The van der Waals surface area contributed by atoms with Gasteiger partial charge in [0.1, 0.15) is 11.5 Å². The molecule has 2 rings (SSSR count). The van der Waals surface area contributed by atoms with Gasteiger partial charge in [0.15, 0.2) is 0 Å². The zero-order chi connectivity index (χ0) is 16.1. The largest absolute Gasteiger partial charge is 0.497 e. The van der Waals surface area contributed by atoms with Crippen LogP contribution in [-0.2, 0) is 9.53 Å². The van der Waals surface area contributed by atoms with Crippen LogP contribution >= 0.6 is 0 Å². The van der Waals surface area contributed by atoms with Gasteiger partial charge in [-0.05, 0) is 42.8 Å². The van der Waals surface area contributed by atoms with Gasteiger partial charge in [0.05, 0.1) is 14.2 Å². The van der Waals surface area contributed by atoms with Gasteiger partial charge in [-0.2, -0.15) is 0 Å². The highest BCUT2D eigenvalue weighted by Gasteiger charge is 2.17. The molecule has 0 aliphatic rings. The third-order valence-corrected chi connectivity index (χ3v) is 3.18. The molecule has 0 unspecified atom stereocenters. The van der Waals surface area contributed by atoms with E-state index in [1.165, 1.54) is 14.2 Å². The van der Waals surface area contributed by atoms with E-state index in [0.717, 1.165) is 11.3 Å². The van der Waals surface area contributed by atoms with E-state index in [9.17, 15) is 4.79 Å². The molecular weight excluding hydrogens is 280 g/mol. The maximum Gasteiger partial charge on any atom is 0.356 e. The first-order chi connectivity index (χ1) is 10.5. The van der Waals surface area contributed by atoms with Crippen molar-refractivity contribution in [2.24, 2.45) is 0 Å². The molecule has 5 nitrogen and oxygen atoms in total. The van der Waals surface area contributed by atoms with Gasteiger partial charge in [-0.25, -0.2) is 4.79 Å². The van der Waals surface area contributed by atoms with Crippen molar-refractivity contribution in [2.75, 3.05) is 19.5 Å². The molecule has 0 bridgehead atoms. The summed E-state index contributed by atoms with van der Waals surface area (Å²) in [6.45, 7) is 2.00. The topological polar surface area (TPSA) is 71.4 Å². The molecule has 0 atom stereocenters. The van der Waals surface area contributed by atoms with Crippen molar-refractivity contribution in [1.29, 1.82) is 5.41 Å². The average Bonchev–Trinajstić information content (AvgIpc) is 2.53. The van der Waals surface area contributed by atoms with Crippen LogP contribution in [0.4, 0.5) is 11.4 Å². The number of hydrogen-bond donors (Lipinski definition) is 2. The SMILES string of the molecule is COC(=O)C(=N)c1cc(OC)ccc1Nc1cccc(C)c1. The molecule has 0 aliphatic heterocycles. The van der Waals surface area contributed by atoms with Crippen molar-refractivity contribution in [3.8, 4) is 5.75 Å². The van der Waals surface area contributed by atoms with Crippen LogP contribution in [-0.4, -0.2) is 25.9 Å². The van der Waals surface area contributed by atoms with Gasteiger partial charge in [0.2, 0.25) is 0 Å². The number of nitrogens with one attached hydrogen (secondary N) is 2. The number of hydrogen-bond acceptors (Lipinski definition) is 5. The summed E-state index contributed by atoms with van der Waals surface area (Å²) in [6.07, 6.45) is 0. The van der Waals surface area contributed by atoms with Crippen LogP contribution in [0.3, 0.4) is 0 Å². The fourth-order valence-electron chi connectivity index (χ4n) is 2.06. The molecule has 114 valence electrons. The number of carbonyl (C=O) groups is 1. The first-order valence-corrected chi connectivity index (χ1v) is 6.74. The van der Waals surface area contributed by atoms with Gasteiger partial charge >= 0.3 is 5.97 Å². The molecule has 0 aliphatic carbocycles. The number of benzene rings is 2. The van der Waals surface area contributed by atoms with Crippen molar-refractivity contribution in [3.63, 3.8) is 0 Å². The molecule has 2 aromatic carbocycles. The Kier molecular flexibility index (Phi) is 4.78. The first-order valence-electron chi connectivity index (χ1n) is 6.74. The molecule has 0 fully saturated rings. The summed E-state index contributed by atoms with van der Waals surface area (Å²) in [4.78, 5) is 11.7. The molecular formula is C17H18N2O3. The highest BCUT2D eigenvalue weighted by Crippen LogP contribution is 2.26. The van der Waals surface area contributed by atoms with Crippen molar-refractivity contribution < 1.29 is 14.3 Å². The van der Waals surface area contributed by atoms with Crippen LogP contribution in [0.1, 0.15) is 11.1 Å². The maximum atomic E-state index is 11.7. The van der Waals surface area contributed by atoms with Gasteiger partial charge in [-0.1, -0.05) is 12.1 Å². The summed E-state index contributed by atoms with van der Waals surface area (Å²) in [5.74, 6) is -0.126. The molecule has 0 radical (unpaired) electrons. The minimum absolute atomic E-state index is 0.225. The van der Waals surface area contributed by atoms with Crippen molar-refractivity contribution in [1.82, 2.24) is 0 Å². The second-order valence-electron chi connectivity index (χ2n) is 4.77. The predicted octanol–water partition coefficient (Wildman–Crippen LogP) is 3.29. The maximum absolute atomic E-state index is 11.7. The van der Waals surface area contributed by atoms with Crippen LogP contribution in [0.5, 0.6) is 5.75 Å². The molecule has 2 aromatic rings. The molecule has 22 heavy (non-hydrogen) atoms. The Morgan fingerprint density at radius 1 is 1.14 bits per heavy atom. The summed E-state index contributed by atoms with van der Waals surface area (Å²) in [5.41, 5.74) is 2.83. The molecule has 0 saturated carbocycles. The fourth-order valence-corrected chi connectivity index (χ4v) is 2.06. The van der Waals surface area contributed by atoms with E-state index in [4.69, 9.17) is 10.1 Å². The summed E-state index contributed by atoms with van der Waals surface area (Å²) >= 11 is 0. The molecule has 0 spiro atoms. The Morgan fingerprint density at radius 2 is 1.91 bits per heavy atom. The Bertz CT molecular complexity index is 711. The van der Waals surface area contributed by atoms with Crippen molar-refractivity contribution in [3.05, 3.63) is 53.6 Å². The van der Waals surface area contributed by atoms with Gasteiger partial charge < -0.3 is 14.8 Å². The molecule has 0 saturated heterocycles. The molecule has 0 heterocycles. The van der Waals surface area contributed by atoms with Crippen LogP contribution in [0.25, 0.3) is 0 Å². The molecule has 2 N–H and O–H groups in total. The summed E-state index contributed by atoms with van der Waals surface area (Å²) in [6, 6.07) is 13.0. The predicted molar refractivity (Wildman–Crippen MR) is 86.3 cm³/mol. The number of esters is 1. The lowest BCUT2D eigenvalue weighted by Gasteiger charge is -2.14. The Hall–Kier alpha value is -2.82. The normalized spacial score (nSPS) is 9.95. The highest BCUT2D eigenvalue weighted by molar-refractivity contribution is 6.43. The summed E-state index contributed by atoms with van der Waals surface area (Å²) in [5, 5.41) is 11.2. The van der Waals surface area contributed by atoms with E-state index in [2.05, 4.69) is 10.1 Å². The van der Waals surface area contributed by atoms with E-state index in [-0.39, 0.29) is 5.71 Å². The number of carbonyl (C=O) groups excluding carboxylic acids is 1. The van der Waals surface area contributed by atoms with Crippen LogP contribution in [0, 0.1) is 12.3 Å². The smallest absolute Gasteiger partial charge is 0.356 e. The van der Waals surface area contributed by atoms with Crippen LogP contribution in [0.2, 0.25) is 0 Å². The monoisotopic (exact) mass is 298 g/mol. The Labute approximate surface area is 129 Å². The third kappa shape index (κ3) is 3.44. The average molecular weight is 298 g/mol. The fraction of sp³-hybridized carbons (Fsp3) is 0.176. The van der Waals surface area contributed by atoms with E-state index in [1.54, 1.807) is 18.2 Å². The number of ether oxygens (including phenoxy) is 2. The Balaban J connectivity index is 2.42. The quantitative estimate of drug-likeness (QED) is 0.656. The lowest BCUT2D eigenvalue weighted by molar-refractivity contribution is -0.132. The molecule has 0 amide bonds. The van der Waals surface area contributed by atoms with Gasteiger partial charge in [0.25, 0.3) is 0 Å². The summed E-state index contributed by atoms with van der Waals surface area (Å²) < 4.78 is 9.80. The van der Waals surface area contributed by atoms with E-state index < -0.39 is 5.97 Å². The minimum atomic E-state index is -0.694. The number of aryl methyl sites for hydroxylation is 1. The van der Waals surface area contributed by atoms with E-state index in [1.807, 2.05) is 31.2 Å². The van der Waals surface area contributed by atoms with Crippen molar-refractivity contribution in [2.45, 2.75) is 6.92 Å².